The zero-order valence-electron chi connectivity index (χ0n) is 7.86. The van der Waals surface area contributed by atoms with Crippen LogP contribution in [-0.2, 0) is 0 Å². The number of rotatable bonds is 3. The third-order valence-corrected chi connectivity index (χ3v) is 1.47. The molecule has 0 amide bonds. The van der Waals surface area contributed by atoms with Crippen LogP contribution in [0.4, 0.5) is 0 Å². The molecule has 0 fully saturated rings. The molecule has 13 heavy (non-hydrogen) atoms. The minimum atomic E-state index is 0.247. The van der Waals surface area contributed by atoms with Crippen molar-refractivity contribution in [3.05, 3.63) is 29.8 Å². The van der Waals surface area contributed by atoms with Crippen LogP contribution < -0.4 is 5.43 Å². The van der Waals surface area contributed by atoms with Crippen LogP contribution >= 0.6 is 0 Å². The SMILES string of the molecule is CC(C)N/N=C/c1ccccc1O. The first-order chi connectivity index (χ1) is 6.20. The lowest BCUT2D eigenvalue weighted by atomic mass is 10.2. The summed E-state index contributed by atoms with van der Waals surface area (Å²) < 4.78 is 0. The van der Waals surface area contributed by atoms with Crippen molar-refractivity contribution in [3.8, 4) is 5.75 Å². The molecule has 1 rings (SSSR count). The highest BCUT2D eigenvalue weighted by atomic mass is 16.3. The van der Waals surface area contributed by atoms with Crippen LogP contribution in [0, 0.1) is 0 Å². The number of hydrogen-bond acceptors (Lipinski definition) is 3. The fourth-order valence-corrected chi connectivity index (χ4v) is 0.853. The van der Waals surface area contributed by atoms with Crippen LogP contribution in [0.2, 0.25) is 0 Å². The number of nitrogens with zero attached hydrogens (tertiary/aromatic N) is 1. The fourth-order valence-electron chi connectivity index (χ4n) is 0.853. The average molecular weight is 178 g/mol. The number of hydrazone groups is 1. The number of hydrogen-bond donors (Lipinski definition) is 2. The first-order valence-electron chi connectivity index (χ1n) is 4.26. The van der Waals surface area contributed by atoms with E-state index in [1.54, 1.807) is 24.4 Å². The van der Waals surface area contributed by atoms with Crippen molar-refractivity contribution in [2.24, 2.45) is 5.10 Å². The monoisotopic (exact) mass is 178 g/mol. The number of benzene rings is 1. The van der Waals surface area contributed by atoms with Gasteiger partial charge in [-0.25, -0.2) is 0 Å². The van der Waals surface area contributed by atoms with Crippen molar-refractivity contribution < 1.29 is 5.11 Å². The number of phenolic OH excluding ortho intramolecular Hbond substituents is 1. The Morgan fingerprint density at radius 1 is 1.38 bits per heavy atom. The molecule has 70 valence electrons. The van der Waals surface area contributed by atoms with E-state index in [0.717, 1.165) is 5.56 Å². The molecule has 1 aromatic carbocycles. The van der Waals surface area contributed by atoms with Crippen LogP contribution in [0.25, 0.3) is 0 Å². The Hall–Kier alpha value is -1.51. The lowest BCUT2D eigenvalue weighted by molar-refractivity contribution is 0.474. The molecular formula is C10H14N2O. The largest absolute Gasteiger partial charge is 0.507 e. The van der Waals surface area contributed by atoms with E-state index in [2.05, 4.69) is 10.5 Å². The highest BCUT2D eigenvalue weighted by Crippen LogP contribution is 2.12. The first-order valence-corrected chi connectivity index (χ1v) is 4.26. The maximum Gasteiger partial charge on any atom is 0.124 e. The Bertz CT molecular complexity index is 295. The average Bonchev–Trinajstić information content (AvgIpc) is 2.08. The van der Waals surface area contributed by atoms with Gasteiger partial charge in [-0.1, -0.05) is 12.1 Å². The lowest BCUT2D eigenvalue weighted by Gasteiger charge is -2.02. The number of para-hydroxylation sites is 1. The normalized spacial score (nSPS) is 11.0. The Morgan fingerprint density at radius 3 is 2.69 bits per heavy atom. The Labute approximate surface area is 78.1 Å². The van der Waals surface area contributed by atoms with E-state index < -0.39 is 0 Å². The predicted molar refractivity (Wildman–Crippen MR) is 54.0 cm³/mol. The van der Waals surface area contributed by atoms with Crippen LogP contribution in [0.3, 0.4) is 0 Å². The molecule has 0 saturated carbocycles. The van der Waals surface area contributed by atoms with Crippen LogP contribution in [0.1, 0.15) is 19.4 Å². The Morgan fingerprint density at radius 2 is 2.08 bits per heavy atom. The molecule has 2 N–H and O–H groups in total. The van der Waals surface area contributed by atoms with Gasteiger partial charge < -0.3 is 10.5 Å². The van der Waals surface area contributed by atoms with Gasteiger partial charge in [0.25, 0.3) is 0 Å². The predicted octanol–water partition coefficient (Wildman–Crippen LogP) is 1.72. The molecular weight excluding hydrogens is 164 g/mol. The quantitative estimate of drug-likeness (QED) is 0.547. The molecule has 0 aliphatic heterocycles. The van der Waals surface area contributed by atoms with Gasteiger partial charge in [0.2, 0.25) is 0 Å². The second-order valence-electron chi connectivity index (χ2n) is 3.10. The van der Waals surface area contributed by atoms with E-state index in [-0.39, 0.29) is 5.75 Å². The van der Waals surface area contributed by atoms with Crippen molar-refractivity contribution in [2.75, 3.05) is 0 Å². The summed E-state index contributed by atoms with van der Waals surface area (Å²) in [6.07, 6.45) is 1.61. The molecule has 1 aromatic rings. The Kier molecular flexibility index (Phi) is 3.31. The van der Waals surface area contributed by atoms with Gasteiger partial charge in [0.15, 0.2) is 0 Å². The summed E-state index contributed by atoms with van der Waals surface area (Å²) in [4.78, 5) is 0. The minimum absolute atomic E-state index is 0.247. The standard InChI is InChI=1S/C10H14N2O/c1-8(2)12-11-7-9-5-3-4-6-10(9)13/h3-8,12-13H,1-2H3/b11-7+. The minimum Gasteiger partial charge on any atom is -0.507 e. The smallest absolute Gasteiger partial charge is 0.124 e. The molecule has 3 heteroatoms. The third-order valence-electron chi connectivity index (χ3n) is 1.47. The molecule has 0 bridgehead atoms. The molecule has 0 aliphatic carbocycles. The summed E-state index contributed by atoms with van der Waals surface area (Å²) >= 11 is 0. The molecule has 0 aliphatic rings. The van der Waals surface area contributed by atoms with Crippen molar-refractivity contribution in [1.82, 2.24) is 5.43 Å². The van der Waals surface area contributed by atoms with Gasteiger partial charge >= 0.3 is 0 Å². The highest BCUT2D eigenvalue weighted by Gasteiger charge is 1.94. The van der Waals surface area contributed by atoms with Gasteiger partial charge in [0.1, 0.15) is 5.75 Å². The van der Waals surface area contributed by atoms with E-state index in [4.69, 9.17) is 0 Å². The number of phenols is 1. The topological polar surface area (TPSA) is 44.6 Å². The summed E-state index contributed by atoms with van der Waals surface area (Å²) in [5.74, 6) is 0.247. The summed E-state index contributed by atoms with van der Waals surface area (Å²) in [6.45, 7) is 4.00. The zero-order valence-corrected chi connectivity index (χ0v) is 7.86. The molecule has 0 atom stereocenters. The van der Waals surface area contributed by atoms with Crippen LogP contribution in [0.5, 0.6) is 5.75 Å². The van der Waals surface area contributed by atoms with E-state index >= 15 is 0 Å². The van der Waals surface area contributed by atoms with E-state index in [0.29, 0.717) is 6.04 Å². The van der Waals surface area contributed by atoms with Gasteiger partial charge in [0.05, 0.1) is 6.21 Å². The van der Waals surface area contributed by atoms with Gasteiger partial charge in [-0.3, -0.25) is 0 Å². The molecule has 0 unspecified atom stereocenters. The van der Waals surface area contributed by atoms with Crippen molar-refractivity contribution in [2.45, 2.75) is 19.9 Å². The molecule has 0 heterocycles. The van der Waals surface area contributed by atoms with Crippen LogP contribution in [0.15, 0.2) is 29.4 Å². The van der Waals surface area contributed by atoms with Gasteiger partial charge in [-0.2, -0.15) is 5.10 Å². The lowest BCUT2D eigenvalue weighted by Crippen LogP contribution is -2.15. The third kappa shape index (κ3) is 3.15. The molecule has 0 radical (unpaired) electrons. The maximum atomic E-state index is 9.36. The van der Waals surface area contributed by atoms with Crippen molar-refractivity contribution >= 4 is 6.21 Å². The van der Waals surface area contributed by atoms with Crippen LogP contribution in [-0.4, -0.2) is 17.4 Å². The van der Waals surface area contributed by atoms with E-state index in [9.17, 15) is 5.11 Å². The van der Waals surface area contributed by atoms with Gasteiger partial charge in [-0.05, 0) is 26.0 Å². The molecule has 0 spiro atoms. The van der Waals surface area contributed by atoms with Crippen molar-refractivity contribution in [3.63, 3.8) is 0 Å². The van der Waals surface area contributed by atoms with Gasteiger partial charge in [-0.15, -0.1) is 0 Å². The maximum absolute atomic E-state index is 9.36. The molecule has 3 nitrogen and oxygen atoms in total. The Balaban J connectivity index is 2.63. The summed E-state index contributed by atoms with van der Waals surface area (Å²) in [5.41, 5.74) is 3.60. The van der Waals surface area contributed by atoms with E-state index in [1.165, 1.54) is 0 Å². The second kappa shape index (κ2) is 4.50. The number of nitrogens with one attached hydrogen (secondary N) is 1. The zero-order chi connectivity index (χ0) is 9.68. The summed E-state index contributed by atoms with van der Waals surface area (Å²) in [6, 6.07) is 7.39. The first kappa shape index (κ1) is 9.58. The van der Waals surface area contributed by atoms with Crippen molar-refractivity contribution in [1.29, 1.82) is 0 Å². The summed E-state index contributed by atoms with van der Waals surface area (Å²) in [5, 5.41) is 13.3. The summed E-state index contributed by atoms with van der Waals surface area (Å²) in [7, 11) is 0. The van der Waals surface area contributed by atoms with Gasteiger partial charge in [0, 0.05) is 11.6 Å². The number of aromatic hydroxyl groups is 1. The second-order valence-corrected chi connectivity index (χ2v) is 3.10. The highest BCUT2D eigenvalue weighted by molar-refractivity contribution is 5.82. The fraction of sp³-hybridized carbons (Fsp3) is 0.300. The van der Waals surface area contributed by atoms with E-state index in [1.807, 2.05) is 19.9 Å². The molecule has 0 aromatic heterocycles. The molecule has 0 saturated heterocycles.